The van der Waals surface area contributed by atoms with Crippen LogP contribution in [0, 0.1) is 29.1 Å². The van der Waals surface area contributed by atoms with Gasteiger partial charge in [0.25, 0.3) is 0 Å². The topological polar surface area (TPSA) is 95.5 Å². The highest BCUT2D eigenvalue weighted by Gasteiger charge is 2.55. The fraction of sp³-hybridized carbons (Fsp3) is 0.773. The second kappa shape index (κ2) is 8.26. The van der Waals surface area contributed by atoms with E-state index in [-0.39, 0.29) is 23.7 Å². The SMILES string of the molecule is C/C=C/CC(NC(=O)C(NC(=O)C12CC3CC(CC(C3)C1)C2)C(C)C)C(=O)O. The lowest BCUT2D eigenvalue weighted by atomic mass is 9.49. The van der Waals surface area contributed by atoms with Crippen LogP contribution >= 0.6 is 0 Å². The summed E-state index contributed by atoms with van der Waals surface area (Å²) in [5.74, 6) is 0.364. The van der Waals surface area contributed by atoms with Gasteiger partial charge in [-0.2, -0.15) is 0 Å². The van der Waals surface area contributed by atoms with Crippen LogP contribution in [-0.2, 0) is 14.4 Å². The molecule has 156 valence electrons. The summed E-state index contributed by atoms with van der Waals surface area (Å²) in [6.07, 6.45) is 10.3. The number of allylic oxidation sites excluding steroid dienone is 1. The van der Waals surface area contributed by atoms with Gasteiger partial charge in [-0.25, -0.2) is 4.79 Å². The summed E-state index contributed by atoms with van der Waals surface area (Å²) >= 11 is 0. The Morgan fingerprint density at radius 1 is 1.04 bits per heavy atom. The molecule has 0 radical (unpaired) electrons. The molecule has 0 saturated heterocycles. The molecule has 4 aliphatic carbocycles. The van der Waals surface area contributed by atoms with Gasteiger partial charge in [-0.1, -0.05) is 26.0 Å². The fourth-order valence-electron chi connectivity index (χ4n) is 5.97. The first-order chi connectivity index (χ1) is 13.2. The first-order valence-corrected chi connectivity index (χ1v) is 10.7. The molecule has 0 aliphatic heterocycles. The lowest BCUT2D eigenvalue weighted by Gasteiger charge is -2.55. The van der Waals surface area contributed by atoms with E-state index in [0.29, 0.717) is 17.8 Å². The second-order valence-corrected chi connectivity index (χ2v) is 9.60. The summed E-state index contributed by atoms with van der Waals surface area (Å²) in [4.78, 5) is 37.5. The predicted octanol–water partition coefficient (Wildman–Crippen LogP) is 2.88. The average Bonchev–Trinajstić information content (AvgIpc) is 2.61. The third-order valence-corrected chi connectivity index (χ3v) is 6.98. The van der Waals surface area contributed by atoms with Crippen LogP contribution in [0.4, 0.5) is 0 Å². The molecule has 0 aromatic heterocycles. The van der Waals surface area contributed by atoms with Crippen molar-refractivity contribution in [2.24, 2.45) is 29.1 Å². The van der Waals surface area contributed by atoms with E-state index in [0.717, 1.165) is 19.3 Å². The van der Waals surface area contributed by atoms with Gasteiger partial charge >= 0.3 is 5.97 Å². The minimum absolute atomic E-state index is 0.000721. The van der Waals surface area contributed by atoms with Crippen molar-refractivity contribution < 1.29 is 19.5 Å². The number of carboxylic acid groups (broad SMARTS) is 1. The molecule has 3 N–H and O–H groups in total. The van der Waals surface area contributed by atoms with Gasteiger partial charge < -0.3 is 15.7 Å². The maximum absolute atomic E-state index is 13.3. The minimum Gasteiger partial charge on any atom is -0.480 e. The quantitative estimate of drug-likeness (QED) is 0.555. The van der Waals surface area contributed by atoms with Gasteiger partial charge in [0, 0.05) is 5.41 Å². The summed E-state index contributed by atoms with van der Waals surface area (Å²) in [7, 11) is 0. The van der Waals surface area contributed by atoms with Gasteiger partial charge in [-0.05, 0) is 75.5 Å². The highest BCUT2D eigenvalue weighted by Crippen LogP contribution is 2.60. The van der Waals surface area contributed by atoms with Gasteiger partial charge in [0.1, 0.15) is 12.1 Å². The summed E-state index contributed by atoms with van der Waals surface area (Å²) < 4.78 is 0. The normalized spacial score (nSPS) is 33.1. The standard InChI is InChI=1S/C22H34N2O4/c1-4-5-6-17(20(26)27)23-19(25)18(13(2)3)24-21(28)22-10-14-7-15(11-22)9-16(8-14)12-22/h4-5,13-18H,6-12H2,1-3H3,(H,23,25)(H,24,28)(H,26,27)/b5-4+. The summed E-state index contributed by atoms with van der Waals surface area (Å²) in [6, 6.07) is -1.70. The van der Waals surface area contributed by atoms with Crippen LogP contribution in [0.3, 0.4) is 0 Å². The van der Waals surface area contributed by atoms with Crippen molar-refractivity contribution in [2.45, 2.75) is 77.8 Å². The molecule has 0 heterocycles. The molecule has 0 aromatic carbocycles. The number of hydrogen-bond acceptors (Lipinski definition) is 3. The smallest absolute Gasteiger partial charge is 0.326 e. The van der Waals surface area contributed by atoms with Gasteiger partial charge in [0.15, 0.2) is 0 Å². The molecule has 0 aromatic rings. The predicted molar refractivity (Wildman–Crippen MR) is 106 cm³/mol. The monoisotopic (exact) mass is 390 g/mol. The van der Waals surface area contributed by atoms with E-state index in [1.54, 1.807) is 12.2 Å². The van der Waals surface area contributed by atoms with E-state index < -0.39 is 24.0 Å². The number of amides is 2. The Kier molecular flexibility index (Phi) is 6.15. The molecule has 2 unspecified atom stereocenters. The zero-order chi connectivity index (χ0) is 20.5. The van der Waals surface area contributed by atoms with Crippen molar-refractivity contribution in [1.29, 1.82) is 0 Å². The summed E-state index contributed by atoms with van der Waals surface area (Å²) in [6.45, 7) is 5.57. The van der Waals surface area contributed by atoms with Crippen molar-refractivity contribution in [1.82, 2.24) is 10.6 Å². The van der Waals surface area contributed by atoms with Gasteiger partial charge in [0.05, 0.1) is 0 Å². The third-order valence-electron chi connectivity index (χ3n) is 6.98. The van der Waals surface area contributed by atoms with E-state index in [1.165, 1.54) is 19.3 Å². The minimum atomic E-state index is -1.07. The Morgan fingerprint density at radius 2 is 1.57 bits per heavy atom. The van der Waals surface area contributed by atoms with E-state index >= 15 is 0 Å². The molecular formula is C22H34N2O4. The number of rotatable bonds is 8. The molecular weight excluding hydrogens is 356 g/mol. The lowest BCUT2D eigenvalue weighted by Crippen LogP contribution is -2.59. The van der Waals surface area contributed by atoms with Crippen LogP contribution < -0.4 is 10.6 Å². The molecule has 4 bridgehead atoms. The number of hydrogen-bond donors (Lipinski definition) is 3. The van der Waals surface area contributed by atoms with Crippen molar-refractivity contribution >= 4 is 17.8 Å². The Morgan fingerprint density at radius 3 is 2.00 bits per heavy atom. The highest BCUT2D eigenvalue weighted by atomic mass is 16.4. The molecule has 2 amide bonds. The van der Waals surface area contributed by atoms with E-state index in [2.05, 4.69) is 10.6 Å². The maximum atomic E-state index is 13.3. The summed E-state index contributed by atoms with van der Waals surface area (Å²) in [5.41, 5.74) is -0.320. The first-order valence-electron chi connectivity index (χ1n) is 10.7. The number of carboxylic acids is 1. The zero-order valence-electron chi connectivity index (χ0n) is 17.2. The average molecular weight is 391 g/mol. The molecule has 6 heteroatoms. The van der Waals surface area contributed by atoms with Crippen molar-refractivity contribution in [3.05, 3.63) is 12.2 Å². The van der Waals surface area contributed by atoms with E-state index in [9.17, 15) is 19.5 Å². The van der Waals surface area contributed by atoms with Gasteiger partial charge in [-0.15, -0.1) is 0 Å². The third kappa shape index (κ3) is 4.26. The zero-order valence-corrected chi connectivity index (χ0v) is 17.2. The van der Waals surface area contributed by atoms with Gasteiger partial charge in [0.2, 0.25) is 11.8 Å². The van der Waals surface area contributed by atoms with Crippen molar-refractivity contribution in [3.8, 4) is 0 Å². The Bertz CT molecular complexity index is 620. The molecule has 4 saturated carbocycles. The van der Waals surface area contributed by atoms with E-state index in [4.69, 9.17) is 0 Å². The van der Waals surface area contributed by atoms with Crippen LogP contribution in [0.25, 0.3) is 0 Å². The number of carbonyl (C=O) groups is 3. The lowest BCUT2D eigenvalue weighted by molar-refractivity contribution is -0.149. The molecule has 4 aliphatic rings. The Balaban J connectivity index is 1.68. The largest absolute Gasteiger partial charge is 0.480 e. The Labute approximate surface area is 167 Å². The first kappa shape index (κ1) is 20.9. The number of nitrogens with one attached hydrogen (secondary N) is 2. The van der Waals surface area contributed by atoms with E-state index in [1.807, 2.05) is 20.8 Å². The maximum Gasteiger partial charge on any atom is 0.326 e. The molecule has 2 atom stereocenters. The molecule has 28 heavy (non-hydrogen) atoms. The van der Waals surface area contributed by atoms with Crippen LogP contribution in [0.15, 0.2) is 12.2 Å². The highest BCUT2D eigenvalue weighted by molar-refractivity contribution is 5.92. The second-order valence-electron chi connectivity index (χ2n) is 9.60. The van der Waals surface area contributed by atoms with Crippen molar-refractivity contribution in [3.63, 3.8) is 0 Å². The molecule has 6 nitrogen and oxygen atoms in total. The van der Waals surface area contributed by atoms with Crippen LogP contribution in [0.2, 0.25) is 0 Å². The Hall–Kier alpha value is -1.85. The van der Waals surface area contributed by atoms with Crippen LogP contribution in [0.5, 0.6) is 0 Å². The van der Waals surface area contributed by atoms with Crippen LogP contribution in [0.1, 0.15) is 65.7 Å². The van der Waals surface area contributed by atoms with Gasteiger partial charge in [-0.3, -0.25) is 9.59 Å². The number of aliphatic carboxylic acids is 1. The molecule has 0 spiro atoms. The van der Waals surface area contributed by atoms with Crippen molar-refractivity contribution in [2.75, 3.05) is 0 Å². The summed E-state index contributed by atoms with van der Waals surface area (Å²) in [5, 5.41) is 15.0. The van der Waals surface area contributed by atoms with Crippen LogP contribution in [-0.4, -0.2) is 35.0 Å². The molecule has 4 fully saturated rings. The number of carbonyl (C=O) groups excluding carboxylic acids is 2. The molecule has 4 rings (SSSR count). The fourth-order valence-corrected chi connectivity index (χ4v) is 5.97.